The van der Waals surface area contributed by atoms with Gasteiger partial charge in [-0.2, -0.15) is 0 Å². The zero-order valence-electron chi connectivity index (χ0n) is 18.6. The van der Waals surface area contributed by atoms with E-state index in [0.717, 1.165) is 51.4 Å². The van der Waals surface area contributed by atoms with Crippen molar-refractivity contribution in [2.24, 2.45) is 0 Å². The maximum absolute atomic E-state index is 9.54. The minimum atomic E-state index is 0.256. The molecule has 1 unspecified atom stereocenters. The zero-order valence-corrected chi connectivity index (χ0v) is 18.6. The number of piperazine rings is 1. The van der Waals surface area contributed by atoms with Crippen molar-refractivity contribution in [2.45, 2.75) is 52.2 Å². The number of nitrogens with zero attached hydrogens (tertiary/aromatic N) is 3. The van der Waals surface area contributed by atoms with Crippen molar-refractivity contribution < 1.29 is 9.84 Å². The van der Waals surface area contributed by atoms with Gasteiger partial charge in [-0.1, -0.05) is 17.7 Å². The van der Waals surface area contributed by atoms with E-state index in [1.807, 2.05) is 0 Å². The number of allylic oxidation sites excluding steroid dienone is 1. The zero-order chi connectivity index (χ0) is 20.6. The first-order chi connectivity index (χ1) is 14.1. The summed E-state index contributed by atoms with van der Waals surface area (Å²) >= 11 is 0. The van der Waals surface area contributed by atoms with Crippen LogP contribution in [-0.4, -0.2) is 78.8 Å². The van der Waals surface area contributed by atoms with Crippen LogP contribution in [0.2, 0.25) is 0 Å². The molecule has 5 heteroatoms. The predicted molar refractivity (Wildman–Crippen MR) is 119 cm³/mol. The predicted octanol–water partition coefficient (Wildman–Crippen LogP) is 3.13. The standard InChI is InChI=1S/C24H39N3O2/c1-20(2)8-12-27-14-13-26(19-23(27)9-15-28)17-21-6-7-24(29-3)22(16-21)18-25-10-4-5-11-25/h6-8,16,23,28H,4-5,9-15,17-19H2,1-3H3. The van der Waals surface area contributed by atoms with E-state index in [-0.39, 0.29) is 6.61 Å². The first kappa shape index (κ1) is 22.3. The molecule has 1 N–H and O–H groups in total. The number of hydrogen-bond donors (Lipinski definition) is 1. The Bertz CT molecular complexity index is 666. The van der Waals surface area contributed by atoms with Gasteiger partial charge in [-0.25, -0.2) is 0 Å². The summed E-state index contributed by atoms with van der Waals surface area (Å²) in [5.74, 6) is 1.00. The lowest BCUT2D eigenvalue weighted by Gasteiger charge is -2.41. The van der Waals surface area contributed by atoms with Crippen molar-refractivity contribution in [3.8, 4) is 5.75 Å². The number of benzene rings is 1. The van der Waals surface area contributed by atoms with Crippen LogP contribution in [-0.2, 0) is 13.1 Å². The van der Waals surface area contributed by atoms with Crippen LogP contribution in [0.1, 0.15) is 44.2 Å². The maximum atomic E-state index is 9.54. The van der Waals surface area contributed by atoms with Gasteiger partial charge >= 0.3 is 0 Å². The molecule has 2 fully saturated rings. The normalized spacial score (nSPS) is 21.4. The van der Waals surface area contributed by atoms with E-state index in [0.29, 0.717) is 6.04 Å². The van der Waals surface area contributed by atoms with Crippen LogP contribution in [0.3, 0.4) is 0 Å². The topological polar surface area (TPSA) is 39.2 Å². The highest BCUT2D eigenvalue weighted by Crippen LogP contribution is 2.25. The highest BCUT2D eigenvalue weighted by molar-refractivity contribution is 5.37. The van der Waals surface area contributed by atoms with Crippen molar-refractivity contribution in [3.05, 3.63) is 41.0 Å². The number of hydrogen-bond acceptors (Lipinski definition) is 5. The van der Waals surface area contributed by atoms with Gasteiger partial charge in [0.25, 0.3) is 0 Å². The molecule has 2 aliphatic rings. The fourth-order valence-corrected chi connectivity index (χ4v) is 4.56. The Morgan fingerprint density at radius 1 is 1.10 bits per heavy atom. The molecule has 5 nitrogen and oxygen atoms in total. The molecule has 2 saturated heterocycles. The fourth-order valence-electron chi connectivity index (χ4n) is 4.56. The number of aliphatic hydroxyl groups excluding tert-OH is 1. The van der Waals surface area contributed by atoms with Gasteiger partial charge in [0.05, 0.1) is 7.11 Å². The Balaban J connectivity index is 1.63. The maximum Gasteiger partial charge on any atom is 0.123 e. The van der Waals surface area contributed by atoms with Crippen LogP contribution >= 0.6 is 0 Å². The van der Waals surface area contributed by atoms with Crippen molar-refractivity contribution >= 4 is 0 Å². The van der Waals surface area contributed by atoms with Crippen LogP contribution in [0.25, 0.3) is 0 Å². The molecule has 2 heterocycles. The Kier molecular flexibility index (Phi) is 8.54. The number of rotatable bonds is 9. The summed E-state index contributed by atoms with van der Waals surface area (Å²) in [6.45, 7) is 13.1. The van der Waals surface area contributed by atoms with Crippen molar-refractivity contribution in [1.29, 1.82) is 0 Å². The molecule has 0 aliphatic carbocycles. The van der Waals surface area contributed by atoms with E-state index in [1.54, 1.807) is 7.11 Å². The van der Waals surface area contributed by atoms with E-state index >= 15 is 0 Å². The van der Waals surface area contributed by atoms with E-state index in [4.69, 9.17) is 4.74 Å². The lowest BCUT2D eigenvalue weighted by Crippen LogP contribution is -2.53. The first-order valence-electron chi connectivity index (χ1n) is 11.2. The van der Waals surface area contributed by atoms with Gasteiger partial charge < -0.3 is 9.84 Å². The minimum absolute atomic E-state index is 0.256. The quantitative estimate of drug-likeness (QED) is 0.644. The summed E-state index contributed by atoms with van der Waals surface area (Å²) in [4.78, 5) is 7.59. The second kappa shape index (κ2) is 11.1. The van der Waals surface area contributed by atoms with E-state index in [1.165, 1.54) is 42.6 Å². The lowest BCUT2D eigenvalue weighted by atomic mass is 10.1. The molecule has 2 aliphatic heterocycles. The Hall–Kier alpha value is -1.40. The second-order valence-corrected chi connectivity index (χ2v) is 8.81. The molecule has 162 valence electrons. The first-order valence-corrected chi connectivity index (χ1v) is 11.2. The van der Waals surface area contributed by atoms with Crippen LogP contribution in [0.4, 0.5) is 0 Å². The van der Waals surface area contributed by atoms with Gasteiger partial charge in [0.1, 0.15) is 5.75 Å². The minimum Gasteiger partial charge on any atom is -0.496 e. The molecule has 1 aromatic carbocycles. The largest absolute Gasteiger partial charge is 0.496 e. The van der Waals surface area contributed by atoms with E-state index in [2.05, 4.69) is 52.8 Å². The van der Waals surface area contributed by atoms with Gasteiger partial charge in [-0.3, -0.25) is 14.7 Å². The van der Waals surface area contributed by atoms with Gasteiger partial charge in [-0.05, 0) is 63.9 Å². The van der Waals surface area contributed by atoms with Crippen LogP contribution in [0, 0.1) is 0 Å². The number of likely N-dealkylation sites (tertiary alicyclic amines) is 1. The molecule has 1 atom stereocenters. The van der Waals surface area contributed by atoms with Gasteiger partial charge in [-0.15, -0.1) is 0 Å². The highest BCUT2D eigenvalue weighted by atomic mass is 16.5. The molecule has 0 saturated carbocycles. The number of aliphatic hydroxyl groups is 1. The summed E-state index contributed by atoms with van der Waals surface area (Å²) in [6, 6.07) is 7.11. The lowest BCUT2D eigenvalue weighted by molar-refractivity contribution is 0.0636. The summed E-state index contributed by atoms with van der Waals surface area (Å²) in [7, 11) is 1.77. The second-order valence-electron chi connectivity index (χ2n) is 8.81. The SMILES string of the molecule is COc1ccc(CN2CCN(CC=C(C)C)C(CCO)C2)cc1CN1CCCC1. The third-order valence-corrected chi connectivity index (χ3v) is 6.23. The number of methoxy groups -OCH3 is 1. The molecule has 29 heavy (non-hydrogen) atoms. The van der Waals surface area contributed by atoms with E-state index < -0.39 is 0 Å². The summed E-state index contributed by atoms with van der Waals surface area (Å²) in [5.41, 5.74) is 4.03. The number of ether oxygens (including phenoxy) is 1. The monoisotopic (exact) mass is 401 g/mol. The smallest absolute Gasteiger partial charge is 0.123 e. The van der Waals surface area contributed by atoms with Gasteiger partial charge in [0, 0.05) is 57.5 Å². The Morgan fingerprint density at radius 2 is 1.90 bits per heavy atom. The van der Waals surface area contributed by atoms with Crippen LogP contribution in [0.15, 0.2) is 29.8 Å². The summed E-state index contributed by atoms with van der Waals surface area (Å²) in [5, 5.41) is 9.54. The van der Waals surface area contributed by atoms with E-state index in [9.17, 15) is 5.11 Å². The molecule has 3 rings (SSSR count). The Morgan fingerprint density at radius 3 is 2.59 bits per heavy atom. The van der Waals surface area contributed by atoms with Crippen LogP contribution in [0.5, 0.6) is 5.75 Å². The molecular formula is C24H39N3O2. The molecule has 0 bridgehead atoms. The van der Waals surface area contributed by atoms with Crippen molar-refractivity contribution in [3.63, 3.8) is 0 Å². The molecular weight excluding hydrogens is 362 g/mol. The molecule has 0 spiro atoms. The average Bonchev–Trinajstić information content (AvgIpc) is 3.21. The van der Waals surface area contributed by atoms with Gasteiger partial charge in [0.15, 0.2) is 0 Å². The molecule has 0 radical (unpaired) electrons. The third kappa shape index (κ3) is 6.54. The fraction of sp³-hybridized carbons (Fsp3) is 0.667. The molecule has 0 amide bonds. The van der Waals surface area contributed by atoms with Crippen LogP contribution < -0.4 is 4.74 Å². The van der Waals surface area contributed by atoms with Crippen molar-refractivity contribution in [2.75, 3.05) is 53.0 Å². The van der Waals surface area contributed by atoms with Crippen molar-refractivity contribution in [1.82, 2.24) is 14.7 Å². The highest BCUT2D eigenvalue weighted by Gasteiger charge is 2.26. The third-order valence-electron chi connectivity index (χ3n) is 6.23. The Labute approximate surface area is 176 Å². The summed E-state index contributed by atoms with van der Waals surface area (Å²) < 4.78 is 5.63. The average molecular weight is 402 g/mol. The molecule has 0 aromatic heterocycles. The molecule has 1 aromatic rings. The van der Waals surface area contributed by atoms with Gasteiger partial charge in [0.2, 0.25) is 0 Å². The summed E-state index contributed by atoms with van der Waals surface area (Å²) in [6.07, 6.45) is 5.76.